The van der Waals surface area contributed by atoms with Crippen LogP contribution in [0.5, 0.6) is 0 Å². The number of carbonyl (C=O) groups excluding carboxylic acids is 3. The molecule has 0 bridgehead atoms. The quantitative estimate of drug-likeness (QED) is 0.569. The SMILES string of the molecule is C[n+]1cccc(C(=O)Nc2cccc3c2C(=O)c2ccccc2C3=O)c1. The van der Waals surface area contributed by atoms with Crippen molar-refractivity contribution in [1.29, 1.82) is 0 Å². The highest BCUT2D eigenvalue weighted by atomic mass is 16.2. The molecule has 1 heterocycles. The lowest BCUT2D eigenvalue weighted by Gasteiger charge is -2.20. The smallest absolute Gasteiger partial charge is 0.261 e. The minimum Gasteiger partial charge on any atom is -0.321 e. The molecular weight excluding hydrogens is 328 g/mol. The summed E-state index contributed by atoms with van der Waals surface area (Å²) >= 11 is 0. The van der Waals surface area contributed by atoms with Gasteiger partial charge in [0.15, 0.2) is 24.0 Å². The molecule has 1 N–H and O–H groups in total. The van der Waals surface area contributed by atoms with Crippen LogP contribution in [0, 0.1) is 0 Å². The van der Waals surface area contributed by atoms with E-state index in [9.17, 15) is 14.4 Å². The van der Waals surface area contributed by atoms with E-state index in [1.807, 2.05) is 13.2 Å². The summed E-state index contributed by atoms with van der Waals surface area (Å²) in [5.74, 6) is -0.809. The second-order valence-electron chi connectivity index (χ2n) is 6.14. The van der Waals surface area contributed by atoms with Gasteiger partial charge >= 0.3 is 0 Å². The largest absolute Gasteiger partial charge is 0.321 e. The average molecular weight is 343 g/mol. The molecule has 126 valence electrons. The molecule has 1 aromatic heterocycles. The monoisotopic (exact) mass is 343 g/mol. The number of fused-ring (bicyclic) bond motifs is 2. The van der Waals surface area contributed by atoms with Crippen molar-refractivity contribution in [3.05, 3.63) is 94.8 Å². The van der Waals surface area contributed by atoms with Crippen LogP contribution in [0.1, 0.15) is 42.2 Å². The Morgan fingerprint density at radius 3 is 2.27 bits per heavy atom. The van der Waals surface area contributed by atoms with Crippen molar-refractivity contribution in [2.45, 2.75) is 0 Å². The molecule has 5 heteroatoms. The minimum absolute atomic E-state index is 0.211. The first kappa shape index (κ1) is 15.9. The van der Waals surface area contributed by atoms with Crippen LogP contribution in [-0.4, -0.2) is 17.5 Å². The normalized spacial score (nSPS) is 12.3. The van der Waals surface area contributed by atoms with Crippen molar-refractivity contribution in [1.82, 2.24) is 0 Å². The molecule has 0 saturated heterocycles. The van der Waals surface area contributed by atoms with Gasteiger partial charge in [-0.15, -0.1) is 0 Å². The lowest BCUT2D eigenvalue weighted by Crippen LogP contribution is -2.29. The number of ketones is 2. The number of amides is 1. The van der Waals surface area contributed by atoms with Crippen LogP contribution in [0.2, 0.25) is 0 Å². The third kappa shape index (κ3) is 2.50. The van der Waals surface area contributed by atoms with E-state index in [4.69, 9.17) is 0 Å². The number of nitrogens with zero attached hydrogens (tertiary/aromatic N) is 1. The second kappa shape index (κ2) is 6.04. The Morgan fingerprint density at radius 2 is 1.54 bits per heavy atom. The first-order valence-electron chi connectivity index (χ1n) is 8.14. The van der Waals surface area contributed by atoms with Crippen LogP contribution in [0.4, 0.5) is 5.69 Å². The first-order chi connectivity index (χ1) is 12.6. The Hall–Kier alpha value is -3.60. The van der Waals surface area contributed by atoms with Gasteiger partial charge in [-0.2, -0.15) is 0 Å². The second-order valence-corrected chi connectivity index (χ2v) is 6.14. The summed E-state index contributed by atoms with van der Waals surface area (Å²) in [4.78, 5) is 38.2. The van der Waals surface area contributed by atoms with Gasteiger partial charge in [-0.1, -0.05) is 36.4 Å². The van der Waals surface area contributed by atoms with Gasteiger partial charge in [0, 0.05) is 22.8 Å². The molecule has 0 unspecified atom stereocenters. The van der Waals surface area contributed by atoms with Crippen LogP contribution in [0.3, 0.4) is 0 Å². The highest BCUT2D eigenvalue weighted by Crippen LogP contribution is 2.32. The zero-order valence-corrected chi connectivity index (χ0v) is 14.0. The summed E-state index contributed by atoms with van der Waals surface area (Å²) in [7, 11) is 1.82. The molecule has 0 aliphatic heterocycles. The summed E-state index contributed by atoms with van der Waals surface area (Å²) in [5.41, 5.74) is 2.10. The van der Waals surface area contributed by atoms with Crippen molar-refractivity contribution in [2.24, 2.45) is 7.05 Å². The maximum atomic E-state index is 12.9. The van der Waals surface area contributed by atoms with Gasteiger partial charge in [0.2, 0.25) is 0 Å². The fourth-order valence-electron chi connectivity index (χ4n) is 3.17. The van der Waals surface area contributed by atoms with E-state index < -0.39 is 0 Å². The highest BCUT2D eigenvalue weighted by Gasteiger charge is 2.31. The fraction of sp³-hybridized carbons (Fsp3) is 0.0476. The summed E-state index contributed by atoms with van der Waals surface area (Å²) in [6, 6.07) is 15.1. The summed E-state index contributed by atoms with van der Waals surface area (Å²) in [5, 5.41) is 2.77. The molecule has 0 radical (unpaired) electrons. The molecule has 0 saturated carbocycles. The number of aromatic nitrogens is 1. The van der Waals surface area contributed by atoms with Crippen molar-refractivity contribution in [2.75, 3.05) is 5.32 Å². The zero-order chi connectivity index (χ0) is 18.3. The molecule has 26 heavy (non-hydrogen) atoms. The molecule has 0 atom stereocenters. The van der Waals surface area contributed by atoms with Gasteiger partial charge in [-0.25, -0.2) is 4.57 Å². The Kier molecular flexibility index (Phi) is 3.69. The van der Waals surface area contributed by atoms with Crippen molar-refractivity contribution < 1.29 is 19.0 Å². The van der Waals surface area contributed by atoms with Gasteiger partial charge in [0.05, 0.1) is 11.3 Å². The number of carbonyl (C=O) groups is 3. The van der Waals surface area contributed by atoms with Gasteiger partial charge in [0.1, 0.15) is 12.6 Å². The summed E-state index contributed by atoms with van der Waals surface area (Å²) in [6.07, 6.45) is 3.51. The molecule has 3 aromatic rings. The van der Waals surface area contributed by atoms with Crippen molar-refractivity contribution >= 4 is 23.2 Å². The van der Waals surface area contributed by atoms with Gasteiger partial charge in [0.25, 0.3) is 5.91 Å². The van der Waals surface area contributed by atoms with E-state index in [1.165, 1.54) is 0 Å². The van der Waals surface area contributed by atoms with Gasteiger partial charge < -0.3 is 5.32 Å². The van der Waals surface area contributed by atoms with E-state index in [0.717, 1.165) is 0 Å². The number of aryl methyl sites for hydroxylation is 1. The standard InChI is InChI=1S/C21H14N2O3/c1-23-11-5-6-13(12-23)21(26)22-17-10-4-9-16-18(17)20(25)15-8-3-2-7-14(15)19(16)24/h2-12H,1H3/p+1. The molecule has 1 amide bonds. The number of hydrogen-bond acceptors (Lipinski definition) is 3. The predicted octanol–water partition coefficient (Wildman–Crippen LogP) is 2.54. The van der Waals surface area contributed by atoms with Crippen LogP contribution in [0.15, 0.2) is 67.0 Å². The molecule has 4 rings (SSSR count). The Bertz CT molecular complexity index is 1090. The van der Waals surface area contributed by atoms with Crippen LogP contribution in [-0.2, 0) is 7.05 Å². The predicted molar refractivity (Wildman–Crippen MR) is 95.3 cm³/mol. The molecule has 0 fully saturated rings. The molecule has 1 aliphatic carbocycles. The number of rotatable bonds is 2. The number of nitrogens with one attached hydrogen (secondary N) is 1. The summed E-state index contributed by atoms with van der Waals surface area (Å²) in [6.45, 7) is 0. The number of hydrogen-bond donors (Lipinski definition) is 1. The molecule has 2 aromatic carbocycles. The van der Waals surface area contributed by atoms with E-state index >= 15 is 0 Å². The van der Waals surface area contributed by atoms with E-state index in [0.29, 0.717) is 27.9 Å². The fourth-order valence-corrected chi connectivity index (χ4v) is 3.17. The van der Waals surface area contributed by atoms with Gasteiger partial charge in [-0.05, 0) is 12.1 Å². The first-order valence-corrected chi connectivity index (χ1v) is 8.14. The zero-order valence-electron chi connectivity index (χ0n) is 14.0. The van der Waals surface area contributed by atoms with E-state index in [1.54, 1.807) is 65.4 Å². The Balaban J connectivity index is 1.78. The Labute approximate surface area is 149 Å². The number of pyridine rings is 1. The average Bonchev–Trinajstić information content (AvgIpc) is 2.66. The minimum atomic E-state index is -0.339. The third-order valence-electron chi connectivity index (χ3n) is 4.40. The Morgan fingerprint density at radius 1 is 0.846 bits per heavy atom. The topological polar surface area (TPSA) is 67.1 Å². The molecule has 1 aliphatic rings. The van der Waals surface area contributed by atoms with E-state index in [2.05, 4.69) is 5.32 Å². The lowest BCUT2D eigenvalue weighted by atomic mass is 9.83. The van der Waals surface area contributed by atoms with Crippen LogP contribution < -0.4 is 9.88 Å². The van der Waals surface area contributed by atoms with E-state index in [-0.39, 0.29) is 23.0 Å². The van der Waals surface area contributed by atoms with Crippen molar-refractivity contribution in [3.8, 4) is 0 Å². The maximum Gasteiger partial charge on any atom is 0.261 e. The molecular formula is C21H15N2O3+. The summed E-state index contributed by atoms with van der Waals surface area (Å²) < 4.78 is 1.76. The van der Waals surface area contributed by atoms with Crippen molar-refractivity contribution in [3.63, 3.8) is 0 Å². The lowest BCUT2D eigenvalue weighted by molar-refractivity contribution is -0.671. The number of anilines is 1. The molecule has 0 spiro atoms. The molecule has 5 nitrogen and oxygen atoms in total. The van der Waals surface area contributed by atoms with Crippen LogP contribution in [0.25, 0.3) is 0 Å². The third-order valence-corrected chi connectivity index (χ3v) is 4.40. The number of benzene rings is 2. The van der Waals surface area contributed by atoms with Crippen LogP contribution >= 0.6 is 0 Å². The van der Waals surface area contributed by atoms with Gasteiger partial charge in [-0.3, -0.25) is 14.4 Å². The maximum absolute atomic E-state index is 12.9. The highest BCUT2D eigenvalue weighted by molar-refractivity contribution is 6.30.